The fourth-order valence-corrected chi connectivity index (χ4v) is 3.49. The maximum Gasteiger partial charge on any atom is 0.230 e. The first-order valence-electron chi connectivity index (χ1n) is 9.64. The summed E-state index contributed by atoms with van der Waals surface area (Å²) in [5.41, 5.74) is 4.27. The Labute approximate surface area is 175 Å². The Balaban J connectivity index is 1.72. The molecule has 0 fully saturated rings. The second-order valence-corrected chi connectivity index (χ2v) is 6.96. The fraction of sp³-hybridized carbons (Fsp3) is 0.167. The zero-order chi connectivity index (χ0) is 21.1. The minimum atomic E-state index is -0.165. The molecule has 2 heterocycles. The SMILES string of the molecule is COc1ccc(OC)c(CC(=O)Nc2c(-c3ccccc3)nc3c(C)cccn23)c1. The summed E-state index contributed by atoms with van der Waals surface area (Å²) >= 11 is 0. The number of pyridine rings is 1. The van der Waals surface area contributed by atoms with E-state index < -0.39 is 0 Å². The summed E-state index contributed by atoms with van der Waals surface area (Å²) in [6.07, 6.45) is 2.05. The van der Waals surface area contributed by atoms with Gasteiger partial charge in [-0.3, -0.25) is 9.20 Å². The van der Waals surface area contributed by atoms with Gasteiger partial charge < -0.3 is 14.8 Å². The number of hydrogen-bond acceptors (Lipinski definition) is 4. The van der Waals surface area contributed by atoms with Gasteiger partial charge in [-0.15, -0.1) is 0 Å². The summed E-state index contributed by atoms with van der Waals surface area (Å²) in [6, 6.07) is 19.2. The predicted molar refractivity (Wildman–Crippen MR) is 117 cm³/mol. The Morgan fingerprint density at radius 2 is 1.83 bits per heavy atom. The molecule has 4 aromatic rings. The number of rotatable bonds is 6. The molecule has 152 valence electrons. The van der Waals surface area contributed by atoms with Crippen LogP contribution in [0.1, 0.15) is 11.1 Å². The molecule has 2 aromatic heterocycles. The number of ether oxygens (including phenoxy) is 2. The second-order valence-electron chi connectivity index (χ2n) is 6.96. The molecule has 1 amide bonds. The molecule has 0 aliphatic heterocycles. The summed E-state index contributed by atoms with van der Waals surface area (Å²) in [6.45, 7) is 2.00. The molecular formula is C24H23N3O3. The molecule has 2 aromatic carbocycles. The standard InChI is InChI=1S/C24H23N3O3/c1-16-8-7-13-27-23(16)26-22(17-9-5-4-6-10-17)24(27)25-21(28)15-18-14-19(29-2)11-12-20(18)30-3/h4-14H,15H2,1-3H3,(H,25,28). The molecule has 0 saturated heterocycles. The first-order chi connectivity index (χ1) is 14.6. The maximum atomic E-state index is 13.0. The summed E-state index contributed by atoms with van der Waals surface area (Å²) in [7, 11) is 3.18. The molecule has 0 aliphatic carbocycles. The van der Waals surface area contributed by atoms with Gasteiger partial charge in [-0.1, -0.05) is 36.4 Å². The third kappa shape index (κ3) is 3.72. The number of anilines is 1. The largest absolute Gasteiger partial charge is 0.497 e. The molecule has 0 aliphatic rings. The number of aryl methyl sites for hydroxylation is 1. The van der Waals surface area contributed by atoms with Crippen molar-refractivity contribution in [3.05, 3.63) is 78.0 Å². The Kier molecular flexibility index (Phi) is 5.39. The van der Waals surface area contributed by atoms with Crippen LogP contribution in [-0.2, 0) is 11.2 Å². The first-order valence-corrected chi connectivity index (χ1v) is 9.64. The van der Waals surface area contributed by atoms with E-state index in [4.69, 9.17) is 14.5 Å². The van der Waals surface area contributed by atoms with Crippen molar-refractivity contribution >= 4 is 17.4 Å². The molecule has 0 atom stereocenters. The number of aromatic nitrogens is 2. The monoisotopic (exact) mass is 401 g/mol. The molecule has 0 bridgehead atoms. The molecule has 0 radical (unpaired) electrons. The average Bonchev–Trinajstić information content (AvgIpc) is 3.14. The van der Waals surface area contributed by atoms with E-state index in [1.54, 1.807) is 26.4 Å². The van der Waals surface area contributed by atoms with E-state index in [1.165, 1.54) is 0 Å². The van der Waals surface area contributed by atoms with Crippen LogP contribution in [-0.4, -0.2) is 29.5 Å². The molecular weight excluding hydrogens is 378 g/mol. The average molecular weight is 401 g/mol. The lowest BCUT2D eigenvalue weighted by molar-refractivity contribution is -0.115. The Hall–Kier alpha value is -3.80. The molecule has 4 rings (SSSR count). The zero-order valence-electron chi connectivity index (χ0n) is 17.2. The third-order valence-electron chi connectivity index (χ3n) is 4.99. The van der Waals surface area contributed by atoms with Crippen molar-refractivity contribution in [3.8, 4) is 22.8 Å². The summed E-state index contributed by atoms with van der Waals surface area (Å²) in [5, 5.41) is 3.06. The number of benzene rings is 2. The van der Waals surface area contributed by atoms with Crippen molar-refractivity contribution in [2.75, 3.05) is 19.5 Å². The quantitative estimate of drug-likeness (QED) is 0.516. The van der Waals surface area contributed by atoms with Gasteiger partial charge in [0, 0.05) is 17.3 Å². The van der Waals surface area contributed by atoms with Gasteiger partial charge in [-0.2, -0.15) is 0 Å². The van der Waals surface area contributed by atoms with Gasteiger partial charge in [-0.05, 0) is 36.8 Å². The van der Waals surface area contributed by atoms with Crippen molar-refractivity contribution in [3.63, 3.8) is 0 Å². The molecule has 0 saturated carbocycles. The third-order valence-corrected chi connectivity index (χ3v) is 4.99. The van der Waals surface area contributed by atoms with Crippen molar-refractivity contribution in [2.24, 2.45) is 0 Å². The van der Waals surface area contributed by atoms with Crippen LogP contribution in [0, 0.1) is 6.92 Å². The topological polar surface area (TPSA) is 64.9 Å². The Morgan fingerprint density at radius 1 is 1.03 bits per heavy atom. The minimum Gasteiger partial charge on any atom is -0.497 e. The van der Waals surface area contributed by atoms with E-state index in [0.29, 0.717) is 17.3 Å². The number of hydrogen-bond donors (Lipinski definition) is 1. The van der Waals surface area contributed by atoms with Crippen molar-refractivity contribution < 1.29 is 14.3 Å². The van der Waals surface area contributed by atoms with Gasteiger partial charge in [0.1, 0.15) is 28.7 Å². The number of methoxy groups -OCH3 is 2. The van der Waals surface area contributed by atoms with Crippen LogP contribution in [0.25, 0.3) is 16.9 Å². The van der Waals surface area contributed by atoms with Gasteiger partial charge in [0.15, 0.2) is 0 Å². The second kappa shape index (κ2) is 8.29. The molecule has 6 heteroatoms. The Morgan fingerprint density at radius 3 is 2.57 bits per heavy atom. The highest BCUT2D eigenvalue weighted by atomic mass is 16.5. The number of nitrogens with zero attached hydrogens (tertiary/aromatic N) is 2. The van der Waals surface area contributed by atoms with Crippen LogP contribution in [0.15, 0.2) is 66.9 Å². The molecule has 1 N–H and O–H groups in total. The fourth-order valence-electron chi connectivity index (χ4n) is 3.49. The highest BCUT2D eigenvalue weighted by molar-refractivity contribution is 5.96. The van der Waals surface area contributed by atoms with Crippen LogP contribution in [0.5, 0.6) is 11.5 Å². The van der Waals surface area contributed by atoms with Gasteiger partial charge in [0.05, 0.1) is 20.6 Å². The molecule has 30 heavy (non-hydrogen) atoms. The number of amides is 1. The first kappa shape index (κ1) is 19.5. The van der Waals surface area contributed by atoms with E-state index >= 15 is 0 Å². The highest BCUT2D eigenvalue weighted by Gasteiger charge is 2.18. The highest BCUT2D eigenvalue weighted by Crippen LogP contribution is 2.30. The Bertz CT molecular complexity index is 1200. The van der Waals surface area contributed by atoms with E-state index in [0.717, 1.165) is 28.0 Å². The van der Waals surface area contributed by atoms with E-state index in [9.17, 15) is 4.79 Å². The lowest BCUT2D eigenvalue weighted by atomic mass is 10.1. The maximum absolute atomic E-state index is 13.0. The zero-order valence-corrected chi connectivity index (χ0v) is 17.2. The van der Waals surface area contributed by atoms with E-state index in [-0.39, 0.29) is 12.3 Å². The van der Waals surface area contributed by atoms with Crippen LogP contribution >= 0.6 is 0 Å². The number of carbonyl (C=O) groups is 1. The van der Waals surface area contributed by atoms with Gasteiger partial charge in [0.25, 0.3) is 0 Å². The minimum absolute atomic E-state index is 0.146. The van der Waals surface area contributed by atoms with Crippen LogP contribution in [0.4, 0.5) is 5.82 Å². The smallest absolute Gasteiger partial charge is 0.230 e. The molecule has 6 nitrogen and oxygen atoms in total. The summed E-state index contributed by atoms with van der Waals surface area (Å²) in [4.78, 5) is 17.8. The normalized spacial score (nSPS) is 10.8. The van der Waals surface area contributed by atoms with E-state index in [1.807, 2.05) is 66.1 Å². The van der Waals surface area contributed by atoms with Crippen molar-refractivity contribution in [1.29, 1.82) is 0 Å². The number of fused-ring (bicyclic) bond motifs is 1. The lowest BCUT2D eigenvalue weighted by Gasteiger charge is -2.12. The van der Waals surface area contributed by atoms with Crippen molar-refractivity contribution in [2.45, 2.75) is 13.3 Å². The summed E-state index contributed by atoms with van der Waals surface area (Å²) in [5.74, 6) is 1.80. The van der Waals surface area contributed by atoms with Crippen molar-refractivity contribution in [1.82, 2.24) is 9.38 Å². The van der Waals surface area contributed by atoms with Gasteiger partial charge in [0.2, 0.25) is 5.91 Å². The predicted octanol–water partition coefficient (Wildman–Crippen LogP) is 4.51. The molecule has 0 unspecified atom stereocenters. The number of nitrogens with one attached hydrogen (secondary N) is 1. The van der Waals surface area contributed by atoms with Gasteiger partial charge >= 0.3 is 0 Å². The number of imidazole rings is 1. The summed E-state index contributed by atoms with van der Waals surface area (Å²) < 4.78 is 12.6. The van der Waals surface area contributed by atoms with Gasteiger partial charge in [-0.25, -0.2) is 4.98 Å². The van der Waals surface area contributed by atoms with Crippen LogP contribution in [0.2, 0.25) is 0 Å². The number of carbonyl (C=O) groups excluding carboxylic acids is 1. The lowest BCUT2D eigenvalue weighted by Crippen LogP contribution is -2.17. The molecule has 0 spiro atoms. The van der Waals surface area contributed by atoms with Crippen LogP contribution in [0.3, 0.4) is 0 Å². The van der Waals surface area contributed by atoms with E-state index in [2.05, 4.69) is 5.32 Å². The van der Waals surface area contributed by atoms with Crippen LogP contribution < -0.4 is 14.8 Å².